The predicted octanol–water partition coefficient (Wildman–Crippen LogP) is 2.37. The Morgan fingerprint density at radius 2 is 2.20 bits per heavy atom. The molecule has 0 aromatic carbocycles. The van der Waals surface area contributed by atoms with Gasteiger partial charge in [0.05, 0.1) is 23.1 Å². The van der Waals surface area contributed by atoms with Crippen LogP contribution in [0.25, 0.3) is 11.4 Å². The molecule has 7 nitrogen and oxygen atoms in total. The molecule has 3 heterocycles. The van der Waals surface area contributed by atoms with E-state index in [0.29, 0.717) is 5.82 Å². The Balaban J connectivity index is 1.97. The number of nitrogens with zero attached hydrogens (tertiary/aromatic N) is 5. The van der Waals surface area contributed by atoms with Crippen molar-refractivity contribution in [3.8, 4) is 11.4 Å². The predicted molar refractivity (Wildman–Crippen MR) is 93.8 cm³/mol. The molecule has 0 aliphatic carbocycles. The van der Waals surface area contributed by atoms with E-state index < -0.39 is 0 Å². The van der Waals surface area contributed by atoms with Gasteiger partial charge in [0.15, 0.2) is 0 Å². The number of piperidine rings is 1. The highest BCUT2D eigenvalue weighted by atomic mass is 16.5. The maximum atomic E-state index is 12.4. The summed E-state index contributed by atoms with van der Waals surface area (Å²) in [6.45, 7) is 5.58. The van der Waals surface area contributed by atoms with Crippen LogP contribution in [0.2, 0.25) is 0 Å². The topological polar surface area (TPSA) is 73.1 Å². The van der Waals surface area contributed by atoms with Gasteiger partial charge in [-0.1, -0.05) is 0 Å². The van der Waals surface area contributed by atoms with E-state index in [2.05, 4.69) is 22.0 Å². The number of carbonyl (C=O) groups excluding carboxylic acids is 1. The highest BCUT2D eigenvalue weighted by Crippen LogP contribution is 2.31. The van der Waals surface area contributed by atoms with Crippen LogP contribution in [0.3, 0.4) is 0 Å². The molecule has 2 aromatic heterocycles. The van der Waals surface area contributed by atoms with Crippen LogP contribution in [-0.2, 0) is 16.1 Å². The molecule has 3 rings (SSSR count). The molecule has 134 valence electrons. The summed E-state index contributed by atoms with van der Waals surface area (Å²) in [4.78, 5) is 23.5. The molecule has 1 fully saturated rings. The van der Waals surface area contributed by atoms with E-state index in [1.54, 1.807) is 13.3 Å². The maximum absolute atomic E-state index is 12.4. The van der Waals surface area contributed by atoms with E-state index >= 15 is 0 Å². The van der Waals surface area contributed by atoms with Crippen molar-refractivity contribution in [2.75, 3.05) is 20.3 Å². The van der Waals surface area contributed by atoms with Crippen molar-refractivity contribution in [3.05, 3.63) is 29.8 Å². The molecule has 1 atom stereocenters. The molecule has 0 unspecified atom stereocenters. The Kier molecular flexibility index (Phi) is 5.43. The molecule has 0 bridgehead atoms. The van der Waals surface area contributed by atoms with Crippen LogP contribution in [0.1, 0.15) is 43.7 Å². The third kappa shape index (κ3) is 3.71. The second kappa shape index (κ2) is 7.74. The SMILES string of the molecule is CCn1nccc1-c1cc([C@H]2CCCCN2C(=O)COC)nc(C)n1. The van der Waals surface area contributed by atoms with Crippen LogP contribution in [0.15, 0.2) is 18.3 Å². The molecule has 1 aliphatic rings. The zero-order chi connectivity index (χ0) is 17.8. The summed E-state index contributed by atoms with van der Waals surface area (Å²) in [7, 11) is 1.55. The number of ether oxygens (including phenoxy) is 1. The molecule has 1 saturated heterocycles. The summed E-state index contributed by atoms with van der Waals surface area (Å²) in [6.07, 6.45) is 4.81. The van der Waals surface area contributed by atoms with Gasteiger partial charge in [-0.25, -0.2) is 9.97 Å². The highest BCUT2D eigenvalue weighted by molar-refractivity contribution is 5.78. The number of hydrogen-bond donors (Lipinski definition) is 0. The third-order valence-corrected chi connectivity index (χ3v) is 4.57. The molecule has 1 amide bonds. The molecule has 2 aromatic rings. The minimum Gasteiger partial charge on any atom is -0.375 e. The number of amides is 1. The number of rotatable bonds is 5. The van der Waals surface area contributed by atoms with Gasteiger partial charge in [-0.15, -0.1) is 0 Å². The maximum Gasteiger partial charge on any atom is 0.249 e. The zero-order valence-electron chi connectivity index (χ0n) is 15.1. The number of aryl methyl sites for hydroxylation is 2. The zero-order valence-corrected chi connectivity index (χ0v) is 15.1. The molecule has 1 aliphatic heterocycles. The lowest BCUT2D eigenvalue weighted by molar-refractivity contribution is -0.139. The fourth-order valence-electron chi connectivity index (χ4n) is 3.44. The molecule has 0 radical (unpaired) electrons. The minimum atomic E-state index is -0.0187. The van der Waals surface area contributed by atoms with Crippen molar-refractivity contribution in [2.45, 2.75) is 45.7 Å². The van der Waals surface area contributed by atoms with E-state index in [4.69, 9.17) is 4.74 Å². The van der Waals surface area contributed by atoms with Crippen LogP contribution in [0.4, 0.5) is 0 Å². The summed E-state index contributed by atoms with van der Waals surface area (Å²) in [5.41, 5.74) is 2.72. The van der Waals surface area contributed by atoms with E-state index in [0.717, 1.165) is 49.4 Å². The van der Waals surface area contributed by atoms with E-state index in [1.165, 1.54) is 0 Å². The summed E-state index contributed by atoms with van der Waals surface area (Å²) >= 11 is 0. The summed E-state index contributed by atoms with van der Waals surface area (Å²) in [5, 5.41) is 4.33. The first kappa shape index (κ1) is 17.5. The van der Waals surface area contributed by atoms with Gasteiger partial charge in [-0.3, -0.25) is 9.48 Å². The lowest BCUT2D eigenvalue weighted by Crippen LogP contribution is -2.40. The first-order valence-corrected chi connectivity index (χ1v) is 8.80. The fraction of sp³-hybridized carbons (Fsp3) is 0.556. The van der Waals surface area contributed by atoms with Gasteiger partial charge in [-0.2, -0.15) is 5.10 Å². The smallest absolute Gasteiger partial charge is 0.249 e. The number of carbonyl (C=O) groups is 1. The van der Waals surface area contributed by atoms with Crippen LogP contribution in [-0.4, -0.2) is 50.8 Å². The van der Waals surface area contributed by atoms with Crippen LogP contribution >= 0.6 is 0 Å². The minimum absolute atomic E-state index is 0.0172. The Morgan fingerprint density at radius 1 is 1.36 bits per heavy atom. The Bertz CT molecular complexity index is 743. The van der Waals surface area contributed by atoms with Crippen molar-refractivity contribution in [1.29, 1.82) is 0 Å². The second-order valence-corrected chi connectivity index (χ2v) is 6.29. The Hall–Kier alpha value is -2.28. The number of aromatic nitrogens is 4. The second-order valence-electron chi connectivity index (χ2n) is 6.29. The number of hydrogen-bond acceptors (Lipinski definition) is 5. The van der Waals surface area contributed by atoms with Crippen molar-refractivity contribution in [2.24, 2.45) is 0 Å². The van der Waals surface area contributed by atoms with Gasteiger partial charge in [0, 0.05) is 26.4 Å². The summed E-state index contributed by atoms with van der Waals surface area (Å²) < 4.78 is 6.96. The Labute approximate surface area is 148 Å². The van der Waals surface area contributed by atoms with Crippen molar-refractivity contribution < 1.29 is 9.53 Å². The fourth-order valence-corrected chi connectivity index (χ4v) is 3.44. The van der Waals surface area contributed by atoms with Gasteiger partial charge in [0.25, 0.3) is 0 Å². The van der Waals surface area contributed by atoms with Gasteiger partial charge in [-0.05, 0) is 45.2 Å². The quantitative estimate of drug-likeness (QED) is 0.833. The first-order valence-electron chi connectivity index (χ1n) is 8.80. The van der Waals surface area contributed by atoms with Gasteiger partial charge in [0.1, 0.15) is 12.4 Å². The molecule has 0 saturated carbocycles. The molecular formula is C18H25N5O2. The monoisotopic (exact) mass is 343 g/mol. The number of methoxy groups -OCH3 is 1. The summed E-state index contributed by atoms with van der Waals surface area (Å²) in [5.74, 6) is 0.727. The average Bonchev–Trinajstić information content (AvgIpc) is 3.10. The van der Waals surface area contributed by atoms with Crippen LogP contribution < -0.4 is 0 Å². The van der Waals surface area contributed by atoms with E-state index in [1.807, 2.05) is 28.6 Å². The Morgan fingerprint density at radius 3 is 2.96 bits per heavy atom. The number of likely N-dealkylation sites (tertiary alicyclic amines) is 1. The highest BCUT2D eigenvalue weighted by Gasteiger charge is 2.29. The van der Waals surface area contributed by atoms with Crippen molar-refractivity contribution >= 4 is 5.91 Å². The van der Waals surface area contributed by atoms with Crippen molar-refractivity contribution in [3.63, 3.8) is 0 Å². The standard InChI is InChI=1S/C18H25N5O2/c1-4-23-17(8-9-19-23)15-11-14(20-13(2)21-15)16-7-5-6-10-22(16)18(24)12-25-3/h8-9,11,16H,4-7,10,12H2,1-3H3/t16-/m1/s1. The molecular weight excluding hydrogens is 318 g/mol. The molecule has 0 N–H and O–H groups in total. The van der Waals surface area contributed by atoms with E-state index in [9.17, 15) is 4.79 Å². The average molecular weight is 343 g/mol. The lowest BCUT2D eigenvalue weighted by atomic mass is 9.98. The van der Waals surface area contributed by atoms with Gasteiger partial charge >= 0.3 is 0 Å². The lowest BCUT2D eigenvalue weighted by Gasteiger charge is -2.35. The largest absolute Gasteiger partial charge is 0.375 e. The van der Waals surface area contributed by atoms with Crippen LogP contribution in [0, 0.1) is 6.92 Å². The molecule has 25 heavy (non-hydrogen) atoms. The molecule has 0 spiro atoms. The van der Waals surface area contributed by atoms with E-state index in [-0.39, 0.29) is 18.6 Å². The van der Waals surface area contributed by atoms with Crippen molar-refractivity contribution in [1.82, 2.24) is 24.6 Å². The normalized spacial score (nSPS) is 17.7. The van der Waals surface area contributed by atoms with Gasteiger partial charge in [0.2, 0.25) is 5.91 Å². The molecule has 7 heteroatoms. The van der Waals surface area contributed by atoms with Gasteiger partial charge < -0.3 is 9.64 Å². The third-order valence-electron chi connectivity index (χ3n) is 4.57. The summed E-state index contributed by atoms with van der Waals surface area (Å²) in [6, 6.07) is 3.94. The first-order chi connectivity index (χ1) is 12.1. The van der Waals surface area contributed by atoms with Crippen LogP contribution in [0.5, 0.6) is 0 Å².